The van der Waals surface area contributed by atoms with E-state index in [9.17, 15) is 8.42 Å². The predicted molar refractivity (Wildman–Crippen MR) is 74.9 cm³/mol. The smallest absolute Gasteiger partial charge is 0.244 e. The van der Waals surface area contributed by atoms with Crippen LogP contribution in [-0.2, 0) is 14.8 Å². The number of sulfonamides is 1. The molecular weight excluding hydrogens is 320 g/mol. The molecule has 0 amide bonds. The average molecular weight is 337 g/mol. The van der Waals surface area contributed by atoms with E-state index in [0.717, 1.165) is 0 Å². The number of halogens is 1. The molecule has 0 saturated heterocycles. The van der Waals surface area contributed by atoms with Crippen LogP contribution in [0.4, 0.5) is 5.69 Å². The second-order valence-corrected chi connectivity index (χ2v) is 6.63. The number of benzene rings is 1. The lowest BCUT2D eigenvalue weighted by Crippen LogP contribution is -2.30. The summed E-state index contributed by atoms with van der Waals surface area (Å²) in [5, 5.41) is 0. The van der Waals surface area contributed by atoms with Gasteiger partial charge in [-0.2, -0.15) is 4.31 Å². The second kappa shape index (κ2) is 6.51. The molecule has 2 N–H and O–H groups in total. The quantitative estimate of drug-likeness (QED) is 0.633. The number of nitrogens with zero attached hydrogens (tertiary/aromatic N) is 1. The Morgan fingerprint density at radius 3 is 2.72 bits per heavy atom. The second-order valence-electron chi connectivity index (χ2n) is 3.71. The third-order valence-electron chi connectivity index (χ3n) is 2.42. The Hall–Kier alpha value is -0.630. The van der Waals surface area contributed by atoms with Crippen molar-refractivity contribution in [3.63, 3.8) is 0 Å². The number of nitrogens with two attached hydrogens (primary N) is 1. The summed E-state index contributed by atoms with van der Waals surface area (Å²) in [4.78, 5) is 0.107. The van der Waals surface area contributed by atoms with Crippen molar-refractivity contribution in [2.45, 2.75) is 11.8 Å². The molecule has 0 radical (unpaired) electrons. The molecule has 0 spiro atoms. The topological polar surface area (TPSA) is 72.6 Å². The van der Waals surface area contributed by atoms with Gasteiger partial charge in [0.2, 0.25) is 10.0 Å². The maximum absolute atomic E-state index is 12.3. The van der Waals surface area contributed by atoms with E-state index < -0.39 is 10.0 Å². The summed E-state index contributed by atoms with van der Waals surface area (Å²) >= 11 is 3.24. The van der Waals surface area contributed by atoms with Crippen molar-refractivity contribution in [3.05, 3.63) is 22.7 Å². The Morgan fingerprint density at radius 2 is 2.11 bits per heavy atom. The van der Waals surface area contributed by atoms with Crippen molar-refractivity contribution in [1.82, 2.24) is 4.31 Å². The van der Waals surface area contributed by atoms with E-state index in [2.05, 4.69) is 15.9 Å². The van der Waals surface area contributed by atoms with Crippen molar-refractivity contribution in [1.29, 1.82) is 0 Å². The van der Waals surface area contributed by atoms with Gasteiger partial charge in [0.1, 0.15) is 4.90 Å². The molecule has 7 heteroatoms. The van der Waals surface area contributed by atoms with Crippen molar-refractivity contribution in [2.24, 2.45) is 0 Å². The van der Waals surface area contributed by atoms with Crippen LogP contribution in [0, 0.1) is 0 Å². The Bertz CT molecular complexity index is 505. The largest absolute Gasteiger partial charge is 0.398 e. The number of rotatable bonds is 6. The number of nitrogen functional groups attached to an aromatic ring is 1. The average Bonchev–Trinajstić information content (AvgIpc) is 2.32. The maximum Gasteiger partial charge on any atom is 0.244 e. The van der Waals surface area contributed by atoms with Gasteiger partial charge in [-0.05, 0) is 25.1 Å². The van der Waals surface area contributed by atoms with Crippen molar-refractivity contribution >= 4 is 31.6 Å². The molecule has 0 atom stereocenters. The number of likely N-dealkylation sites (N-methyl/N-ethyl adjacent to an activating group) is 1. The molecule has 0 unspecified atom stereocenters. The Kier molecular flexibility index (Phi) is 5.58. The minimum Gasteiger partial charge on any atom is -0.398 e. The van der Waals surface area contributed by atoms with Crippen LogP contribution in [0.25, 0.3) is 0 Å². The molecule has 102 valence electrons. The van der Waals surface area contributed by atoms with Gasteiger partial charge in [-0.15, -0.1) is 0 Å². The zero-order valence-electron chi connectivity index (χ0n) is 10.4. The fourth-order valence-corrected chi connectivity index (χ4v) is 3.16. The molecule has 0 aromatic heterocycles. The summed E-state index contributed by atoms with van der Waals surface area (Å²) in [6.07, 6.45) is 0. The number of ether oxygens (including phenoxy) is 1. The molecule has 0 heterocycles. The molecule has 1 aromatic carbocycles. The highest BCUT2D eigenvalue weighted by Crippen LogP contribution is 2.25. The molecule has 0 aliphatic rings. The number of hydrogen-bond donors (Lipinski definition) is 1. The highest BCUT2D eigenvalue weighted by atomic mass is 79.9. The maximum atomic E-state index is 12.3. The first-order valence-corrected chi connectivity index (χ1v) is 7.72. The summed E-state index contributed by atoms with van der Waals surface area (Å²) < 4.78 is 31.6. The van der Waals surface area contributed by atoms with Crippen LogP contribution in [0.1, 0.15) is 6.92 Å². The standard InChI is InChI=1S/C11H17BrN2O3S/c1-3-17-7-6-14(2)18(15,16)11-8-9(12)4-5-10(11)13/h4-5,8H,3,6-7,13H2,1-2H3. The third kappa shape index (κ3) is 3.68. The fourth-order valence-electron chi connectivity index (χ4n) is 1.36. The van der Waals surface area contributed by atoms with Crippen molar-refractivity contribution < 1.29 is 13.2 Å². The minimum absolute atomic E-state index is 0.107. The Labute approximate surface area is 116 Å². The van der Waals surface area contributed by atoms with Crippen LogP contribution in [0.5, 0.6) is 0 Å². The van der Waals surface area contributed by atoms with Gasteiger partial charge in [0, 0.05) is 24.7 Å². The van der Waals surface area contributed by atoms with Gasteiger partial charge in [-0.1, -0.05) is 15.9 Å². The molecule has 1 rings (SSSR count). The molecule has 18 heavy (non-hydrogen) atoms. The first-order valence-electron chi connectivity index (χ1n) is 5.48. The van der Waals surface area contributed by atoms with Crippen molar-refractivity contribution in [3.8, 4) is 0 Å². The van der Waals surface area contributed by atoms with E-state index in [1.807, 2.05) is 6.92 Å². The Balaban J connectivity index is 2.95. The highest BCUT2D eigenvalue weighted by Gasteiger charge is 2.23. The van der Waals surface area contributed by atoms with Crippen LogP contribution in [0.3, 0.4) is 0 Å². The van der Waals surface area contributed by atoms with Gasteiger partial charge >= 0.3 is 0 Å². The number of hydrogen-bond acceptors (Lipinski definition) is 4. The van der Waals surface area contributed by atoms with Gasteiger partial charge in [0.05, 0.1) is 12.3 Å². The molecule has 0 aliphatic carbocycles. The van der Waals surface area contributed by atoms with Gasteiger partial charge in [0.15, 0.2) is 0 Å². The summed E-state index contributed by atoms with van der Waals surface area (Å²) in [5.41, 5.74) is 5.95. The minimum atomic E-state index is -3.57. The van der Waals surface area contributed by atoms with Crippen LogP contribution in [-0.4, -0.2) is 39.5 Å². The lowest BCUT2D eigenvalue weighted by molar-refractivity contribution is 0.138. The first-order chi connectivity index (χ1) is 8.39. The molecular formula is C11H17BrN2O3S. The normalized spacial score (nSPS) is 12.0. The van der Waals surface area contributed by atoms with E-state index >= 15 is 0 Å². The van der Waals surface area contributed by atoms with E-state index in [-0.39, 0.29) is 10.6 Å². The van der Waals surface area contributed by atoms with E-state index in [1.54, 1.807) is 12.1 Å². The lowest BCUT2D eigenvalue weighted by atomic mass is 10.3. The summed E-state index contributed by atoms with van der Waals surface area (Å²) in [5.74, 6) is 0. The first kappa shape index (κ1) is 15.4. The lowest BCUT2D eigenvalue weighted by Gasteiger charge is -2.18. The monoisotopic (exact) mass is 336 g/mol. The fraction of sp³-hybridized carbons (Fsp3) is 0.455. The van der Waals surface area contributed by atoms with E-state index in [0.29, 0.717) is 24.2 Å². The number of anilines is 1. The molecule has 0 bridgehead atoms. The van der Waals surface area contributed by atoms with Gasteiger partial charge in [0.25, 0.3) is 0 Å². The molecule has 0 aliphatic heterocycles. The van der Waals surface area contributed by atoms with Crippen molar-refractivity contribution in [2.75, 3.05) is 32.5 Å². The molecule has 0 fully saturated rings. The van der Waals surface area contributed by atoms with Crippen LogP contribution < -0.4 is 5.73 Å². The van der Waals surface area contributed by atoms with E-state index in [1.165, 1.54) is 17.4 Å². The van der Waals surface area contributed by atoms with Crippen LogP contribution in [0.2, 0.25) is 0 Å². The van der Waals surface area contributed by atoms with Crippen LogP contribution in [0.15, 0.2) is 27.6 Å². The summed E-state index contributed by atoms with van der Waals surface area (Å²) in [6, 6.07) is 4.77. The van der Waals surface area contributed by atoms with Crippen LogP contribution >= 0.6 is 15.9 Å². The van der Waals surface area contributed by atoms with Gasteiger partial charge in [-0.25, -0.2) is 8.42 Å². The van der Waals surface area contributed by atoms with Gasteiger partial charge in [-0.3, -0.25) is 0 Å². The van der Waals surface area contributed by atoms with E-state index in [4.69, 9.17) is 10.5 Å². The highest BCUT2D eigenvalue weighted by molar-refractivity contribution is 9.10. The summed E-state index contributed by atoms with van der Waals surface area (Å²) in [7, 11) is -2.07. The molecule has 5 nitrogen and oxygen atoms in total. The van der Waals surface area contributed by atoms with Gasteiger partial charge < -0.3 is 10.5 Å². The third-order valence-corrected chi connectivity index (χ3v) is 4.82. The zero-order valence-corrected chi connectivity index (χ0v) is 12.8. The summed E-state index contributed by atoms with van der Waals surface area (Å²) in [6.45, 7) is 3.08. The molecule has 1 aromatic rings. The zero-order chi connectivity index (χ0) is 13.8. The predicted octanol–water partition coefficient (Wildman–Crippen LogP) is 1.69. The molecule has 0 saturated carbocycles. The Morgan fingerprint density at radius 1 is 1.44 bits per heavy atom. The SMILES string of the molecule is CCOCCN(C)S(=O)(=O)c1cc(Br)ccc1N.